The number of nitrogen functional groups attached to an aromatic ring is 2. The molecule has 0 bridgehead atoms. The Labute approximate surface area is 458 Å². The van der Waals surface area contributed by atoms with Crippen LogP contribution in [0.3, 0.4) is 0 Å². The first-order chi connectivity index (χ1) is 38.7. The Hall–Kier alpha value is -7.42. The van der Waals surface area contributed by atoms with Crippen molar-refractivity contribution < 1.29 is 53.6 Å². The molecule has 24 heteroatoms. The van der Waals surface area contributed by atoms with Crippen LogP contribution in [0, 0.1) is 11.6 Å². The predicted molar refractivity (Wildman–Crippen MR) is 288 cm³/mol. The topological polar surface area (TPSA) is 285 Å². The third-order valence-electron chi connectivity index (χ3n) is 14.9. The molecule has 4 aliphatic rings. The first-order valence-electron chi connectivity index (χ1n) is 26.1. The first-order valence-corrected chi connectivity index (χ1v) is 29.2. The highest BCUT2D eigenvalue weighted by Gasteiger charge is 2.35. The van der Waals surface area contributed by atoms with Gasteiger partial charge in [0.2, 0.25) is 0 Å². The lowest BCUT2D eigenvalue weighted by Crippen LogP contribution is -2.28. The van der Waals surface area contributed by atoms with Gasteiger partial charge in [0.15, 0.2) is 54.2 Å². The Morgan fingerprint density at radius 3 is 1.66 bits per heavy atom. The minimum absolute atomic E-state index is 0.0220. The fourth-order valence-electron chi connectivity index (χ4n) is 10.3. The lowest BCUT2D eigenvalue weighted by molar-refractivity contribution is 0.0816. The third kappa shape index (κ3) is 10.8. The Morgan fingerprint density at radius 1 is 0.562 bits per heavy atom. The van der Waals surface area contributed by atoms with Crippen molar-refractivity contribution in [3.05, 3.63) is 132 Å². The summed E-state index contributed by atoms with van der Waals surface area (Å²) in [6, 6.07) is 25.7. The molecule has 8 heterocycles. The molecule has 20 nitrogen and oxygen atoms in total. The van der Waals surface area contributed by atoms with Gasteiger partial charge in [-0.3, -0.25) is 5.32 Å². The van der Waals surface area contributed by atoms with Gasteiger partial charge in [-0.25, -0.2) is 45.6 Å². The third-order valence-corrected chi connectivity index (χ3v) is 19.2. The number of nitrogens with one attached hydrogen (secondary N) is 2. The second-order valence-corrected chi connectivity index (χ2v) is 24.6. The van der Waals surface area contributed by atoms with Gasteiger partial charge in [-0.1, -0.05) is 46.7 Å². The highest BCUT2D eigenvalue weighted by atomic mass is 32.2. The Morgan fingerprint density at radius 2 is 1.11 bits per heavy atom. The van der Waals surface area contributed by atoms with Crippen molar-refractivity contribution in [1.82, 2.24) is 40.9 Å². The minimum atomic E-state index is -3.67. The summed E-state index contributed by atoms with van der Waals surface area (Å²) in [4.78, 5) is 19.1. The van der Waals surface area contributed by atoms with Gasteiger partial charge in [0.05, 0.1) is 70.0 Å². The number of benzene rings is 4. The van der Waals surface area contributed by atoms with E-state index in [1.807, 2.05) is 6.07 Å². The number of hydrogen-bond acceptors (Lipinski definition) is 20. The molecular formula is C56H54F2N10O10S2. The van der Waals surface area contributed by atoms with E-state index < -0.39 is 48.0 Å². The summed E-state index contributed by atoms with van der Waals surface area (Å²) in [5.74, 6) is -1.03. The predicted octanol–water partition coefficient (Wildman–Crippen LogP) is 7.31. The summed E-state index contributed by atoms with van der Waals surface area (Å²) in [7, 11) is -7.22. The summed E-state index contributed by atoms with van der Waals surface area (Å²) in [5, 5.41) is 13.8. The highest BCUT2D eigenvalue weighted by Crippen LogP contribution is 2.39. The molecule has 4 saturated heterocycles. The van der Waals surface area contributed by atoms with Crippen LogP contribution in [-0.2, 0) is 51.7 Å². The van der Waals surface area contributed by atoms with Gasteiger partial charge in [0, 0.05) is 79.3 Å². The molecule has 0 saturated carbocycles. The van der Waals surface area contributed by atoms with E-state index in [0.29, 0.717) is 86.0 Å². The molecule has 0 amide bonds. The maximum atomic E-state index is 15.9. The maximum absolute atomic E-state index is 15.9. The second-order valence-electron chi connectivity index (χ2n) is 20.1. The number of aromatic nitrogens is 6. The SMILES string of the molecule is Nc1ncc(-c2ccc(S(=O)(=O)C3CCOC3)cc2)nc1-c1cc(-c2ccc(CN[C@@H]3CC(c4nc(N)c(-c5cc(-c6ccc(CN[C@H]7CCOC7)cc6F)no5)nc4-c4ccc(S(=O)(=O)C5CCOC5)cc4)CO3)cc2F)no1. The molecule has 5 atom stereocenters. The number of nitrogens with zero attached hydrogens (tertiary/aromatic N) is 6. The quantitative estimate of drug-likeness (QED) is 0.0695. The van der Waals surface area contributed by atoms with Gasteiger partial charge in [0.25, 0.3) is 0 Å². The van der Waals surface area contributed by atoms with Crippen molar-refractivity contribution in [2.45, 2.75) is 77.3 Å². The standard InChI is InChI=1S/C56H54F2N10O10S2/c57-43-19-31(24-61-36-13-16-73-28-36)1-11-41(43)46-23-49(78-68-46)54-56(60)66-52(51(65-54)34-5-9-38(10-6-34)80(71,72)40-15-18-75-30-40)35-21-50(76-27-35)62-25-32-2-12-42(44(58)20-32)45-22-48(77-67-45)53-55(59)63-26-47(64-53)33-3-7-37(8-4-33)79(69,70)39-14-17-74-29-39/h1-12,19-20,22-23,26,35-36,39-40,50,61-62H,13-18,21,24-25,27-30H2,(H2,59,63)(H2,60,66)/t35?,36-,39?,40?,50-/m0/s1. The van der Waals surface area contributed by atoms with Gasteiger partial charge in [0.1, 0.15) is 29.3 Å². The van der Waals surface area contributed by atoms with E-state index in [-0.39, 0.29) is 105 Å². The fourth-order valence-corrected chi connectivity index (χ4v) is 13.5. The van der Waals surface area contributed by atoms with Gasteiger partial charge in [-0.05, 0) is 85.3 Å². The van der Waals surface area contributed by atoms with Crippen molar-refractivity contribution in [1.29, 1.82) is 0 Å². The monoisotopic (exact) mass is 1130 g/mol. The summed E-state index contributed by atoms with van der Waals surface area (Å²) in [5.41, 5.74) is 17.8. The number of anilines is 2. The molecule has 8 aromatic rings. The zero-order chi connectivity index (χ0) is 55.1. The van der Waals surface area contributed by atoms with Gasteiger partial charge in [-0.15, -0.1) is 0 Å². The number of nitrogens with two attached hydrogens (primary N) is 2. The first kappa shape index (κ1) is 53.2. The van der Waals surface area contributed by atoms with E-state index >= 15 is 8.78 Å². The molecule has 80 heavy (non-hydrogen) atoms. The largest absolute Gasteiger partial charge is 0.382 e. The Kier molecular flexibility index (Phi) is 14.8. The fraction of sp³-hybridized carbons (Fsp3) is 0.321. The molecule has 4 fully saturated rings. The number of ether oxygens (including phenoxy) is 4. The second kappa shape index (κ2) is 22.3. The highest BCUT2D eigenvalue weighted by molar-refractivity contribution is 7.92. The van der Waals surface area contributed by atoms with Crippen LogP contribution < -0.4 is 22.1 Å². The smallest absolute Gasteiger partial charge is 0.189 e. The molecule has 4 aromatic heterocycles. The van der Waals surface area contributed by atoms with Crippen molar-refractivity contribution in [2.24, 2.45) is 0 Å². The summed E-state index contributed by atoms with van der Waals surface area (Å²) >= 11 is 0. The lowest BCUT2D eigenvalue weighted by Gasteiger charge is -2.16. The molecule has 0 radical (unpaired) electrons. The molecule has 0 aliphatic carbocycles. The lowest BCUT2D eigenvalue weighted by atomic mass is 9.97. The Bertz CT molecular complexity index is 3810. The van der Waals surface area contributed by atoms with Crippen LogP contribution in [0.4, 0.5) is 20.4 Å². The van der Waals surface area contributed by atoms with Crippen LogP contribution in [0.1, 0.15) is 48.4 Å². The average Bonchev–Trinajstić information content (AvgIpc) is 4.34. The van der Waals surface area contributed by atoms with Crippen LogP contribution in [0.2, 0.25) is 0 Å². The average molecular weight is 1130 g/mol. The van der Waals surface area contributed by atoms with Gasteiger partial charge < -0.3 is 44.8 Å². The van der Waals surface area contributed by atoms with Crippen LogP contribution in [0.5, 0.6) is 0 Å². The summed E-state index contributed by atoms with van der Waals surface area (Å²) in [6.07, 6.45) is 3.13. The number of rotatable bonds is 17. The van der Waals surface area contributed by atoms with Gasteiger partial charge >= 0.3 is 0 Å². The van der Waals surface area contributed by atoms with Crippen molar-refractivity contribution in [2.75, 3.05) is 57.7 Å². The number of hydrogen-bond donors (Lipinski definition) is 4. The van der Waals surface area contributed by atoms with Crippen LogP contribution in [-0.4, -0.2) is 116 Å². The van der Waals surface area contributed by atoms with Crippen molar-refractivity contribution >= 4 is 31.3 Å². The van der Waals surface area contributed by atoms with E-state index in [4.69, 9.17) is 49.4 Å². The summed E-state index contributed by atoms with van der Waals surface area (Å²) < 4.78 is 118. The van der Waals surface area contributed by atoms with Crippen LogP contribution in [0.25, 0.3) is 67.9 Å². The molecule has 4 aliphatic heterocycles. The molecule has 3 unspecified atom stereocenters. The van der Waals surface area contributed by atoms with Crippen LogP contribution in [0.15, 0.2) is 122 Å². The molecule has 12 rings (SSSR count). The molecule has 6 N–H and O–H groups in total. The number of halogens is 2. The zero-order valence-electron chi connectivity index (χ0n) is 42.9. The minimum Gasteiger partial charge on any atom is -0.382 e. The van der Waals surface area contributed by atoms with E-state index in [2.05, 4.69) is 30.9 Å². The number of sulfone groups is 2. The van der Waals surface area contributed by atoms with E-state index in [1.54, 1.807) is 60.7 Å². The van der Waals surface area contributed by atoms with Gasteiger partial charge in [-0.2, -0.15) is 0 Å². The summed E-state index contributed by atoms with van der Waals surface area (Å²) in [6.45, 7) is 3.31. The van der Waals surface area contributed by atoms with E-state index in [9.17, 15) is 16.8 Å². The van der Waals surface area contributed by atoms with Crippen molar-refractivity contribution in [3.8, 4) is 67.9 Å². The zero-order valence-corrected chi connectivity index (χ0v) is 44.5. The Balaban J connectivity index is 0.741. The normalized spacial score (nSPS) is 20.5. The van der Waals surface area contributed by atoms with E-state index in [0.717, 1.165) is 12.0 Å². The molecule has 4 aromatic carbocycles. The van der Waals surface area contributed by atoms with Crippen molar-refractivity contribution in [3.63, 3.8) is 0 Å². The molecule has 0 spiro atoms. The van der Waals surface area contributed by atoms with Crippen LogP contribution >= 0.6 is 0 Å². The molecular weight excluding hydrogens is 1070 g/mol. The maximum Gasteiger partial charge on any atom is 0.189 e. The molecule has 414 valence electrons. The van der Waals surface area contributed by atoms with E-state index in [1.165, 1.54) is 36.5 Å².